The first-order valence-electron chi connectivity index (χ1n) is 6.43. The number of nitrogens with zero attached hydrogens (tertiary/aromatic N) is 1. The van der Waals surface area contributed by atoms with E-state index in [0.717, 1.165) is 25.1 Å². The Morgan fingerprint density at radius 2 is 2.21 bits per heavy atom. The van der Waals surface area contributed by atoms with E-state index >= 15 is 0 Å². The smallest absolute Gasteiger partial charge is 0.227 e. The predicted octanol–water partition coefficient (Wildman–Crippen LogP) is 3.12. The van der Waals surface area contributed by atoms with Gasteiger partial charge in [0.25, 0.3) is 0 Å². The van der Waals surface area contributed by atoms with Crippen molar-refractivity contribution in [3.63, 3.8) is 0 Å². The van der Waals surface area contributed by atoms with Crippen LogP contribution in [0.5, 0.6) is 0 Å². The van der Waals surface area contributed by atoms with E-state index in [2.05, 4.69) is 5.32 Å². The van der Waals surface area contributed by atoms with Crippen molar-refractivity contribution < 1.29 is 4.79 Å². The molecule has 1 aromatic rings. The molecule has 0 bridgehead atoms. The van der Waals surface area contributed by atoms with Crippen molar-refractivity contribution in [2.24, 2.45) is 5.92 Å². The van der Waals surface area contributed by atoms with Crippen molar-refractivity contribution in [2.45, 2.75) is 19.4 Å². The van der Waals surface area contributed by atoms with E-state index in [4.69, 9.17) is 23.2 Å². The first kappa shape index (κ1) is 14.6. The molecular formula is C14H18Cl2N2O. The third kappa shape index (κ3) is 3.22. The molecule has 104 valence electrons. The van der Waals surface area contributed by atoms with E-state index in [1.165, 1.54) is 0 Å². The zero-order chi connectivity index (χ0) is 14.0. The van der Waals surface area contributed by atoms with Gasteiger partial charge in [0.2, 0.25) is 5.91 Å². The lowest BCUT2D eigenvalue weighted by atomic mass is 10.0. The van der Waals surface area contributed by atoms with E-state index < -0.39 is 0 Å². The maximum absolute atomic E-state index is 12.4. The molecule has 1 N–H and O–H groups in total. The number of hydrogen-bond acceptors (Lipinski definition) is 2. The number of carbonyl (C=O) groups excluding carboxylic acids is 1. The Bertz CT molecular complexity index is 473. The molecular weight excluding hydrogens is 283 g/mol. The first-order chi connectivity index (χ1) is 9.00. The van der Waals surface area contributed by atoms with E-state index in [9.17, 15) is 4.79 Å². The molecule has 0 saturated carbocycles. The fourth-order valence-corrected chi connectivity index (χ4v) is 2.96. The topological polar surface area (TPSA) is 32.3 Å². The van der Waals surface area contributed by atoms with Crippen molar-refractivity contribution in [3.8, 4) is 0 Å². The van der Waals surface area contributed by atoms with Crippen LogP contribution in [0.15, 0.2) is 18.2 Å². The SMILES string of the molecule is C[C@H](c1ccc(Cl)cc1Cl)N(C)C(=O)[C@H]1CCNC1. The van der Waals surface area contributed by atoms with Gasteiger partial charge in [-0.3, -0.25) is 4.79 Å². The standard InChI is InChI=1S/C14H18Cl2N2O/c1-9(12-4-3-11(15)7-13(12)16)18(2)14(19)10-5-6-17-8-10/h3-4,7,9-10,17H,5-6,8H2,1-2H3/t9-,10+/m1/s1. The minimum absolute atomic E-state index is 0.0575. The van der Waals surface area contributed by atoms with Gasteiger partial charge >= 0.3 is 0 Å². The highest BCUT2D eigenvalue weighted by Crippen LogP contribution is 2.30. The molecule has 0 aliphatic carbocycles. The van der Waals surface area contributed by atoms with Crippen molar-refractivity contribution >= 4 is 29.1 Å². The van der Waals surface area contributed by atoms with Gasteiger partial charge in [-0.05, 0) is 37.6 Å². The summed E-state index contributed by atoms with van der Waals surface area (Å²) in [5.41, 5.74) is 0.924. The average molecular weight is 301 g/mol. The number of benzene rings is 1. The van der Waals surface area contributed by atoms with Crippen LogP contribution in [-0.2, 0) is 4.79 Å². The lowest BCUT2D eigenvalue weighted by Crippen LogP contribution is -2.35. The fraction of sp³-hybridized carbons (Fsp3) is 0.500. The third-order valence-electron chi connectivity index (χ3n) is 3.75. The molecule has 19 heavy (non-hydrogen) atoms. The molecule has 3 nitrogen and oxygen atoms in total. The molecule has 0 spiro atoms. The number of halogens is 2. The highest BCUT2D eigenvalue weighted by Gasteiger charge is 2.28. The molecule has 1 fully saturated rings. The summed E-state index contributed by atoms with van der Waals surface area (Å²) in [6, 6.07) is 5.34. The Labute approximate surface area is 123 Å². The molecule has 5 heteroatoms. The van der Waals surface area contributed by atoms with Crippen LogP contribution in [0.1, 0.15) is 24.9 Å². The molecule has 1 aliphatic rings. The molecule has 0 unspecified atom stereocenters. The Kier molecular flexibility index (Phi) is 4.71. The Hall–Kier alpha value is -0.770. The molecule has 2 rings (SSSR count). The first-order valence-corrected chi connectivity index (χ1v) is 7.18. The summed E-state index contributed by atoms with van der Waals surface area (Å²) in [5, 5.41) is 4.42. The molecule has 0 aromatic heterocycles. The molecule has 1 aromatic carbocycles. The van der Waals surface area contributed by atoms with Gasteiger partial charge in [-0.25, -0.2) is 0 Å². The number of hydrogen-bond donors (Lipinski definition) is 1. The summed E-state index contributed by atoms with van der Waals surface area (Å²) >= 11 is 12.1. The summed E-state index contributed by atoms with van der Waals surface area (Å²) < 4.78 is 0. The fourth-order valence-electron chi connectivity index (χ4n) is 2.39. The Morgan fingerprint density at radius 1 is 1.47 bits per heavy atom. The molecule has 1 amide bonds. The summed E-state index contributed by atoms with van der Waals surface area (Å²) in [5.74, 6) is 0.252. The van der Waals surface area contributed by atoms with Gasteiger partial charge in [-0.2, -0.15) is 0 Å². The van der Waals surface area contributed by atoms with Gasteiger partial charge in [0.05, 0.1) is 12.0 Å². The second-order valence-corrected chi connectivity index (χ2v) is 5.82. The van der Waals surface area contributed by atoms with Crippen LogP contribution in [0, 0.1) is 5.92 Å². The number of amides is 1. The van der Waals surface area contributed by atoms with E-state index in [1.54, 1.807) is 17.0 Å². The van der Waals surface area contributed by atoms with E-state index in [1.807, 2.05) is 20.0 Å². The second kappa shape index (κ2) is 6.12. The predicted molar refractivity (Wildman–Crippen MR) is 78.6 cm³/mol. The van der Waals surface area contributed by atoms with Gasteiger partial charge in [0, 0.05) is 23.6 Å². The lowest BCUT2D eigenvalue weighted by molar-refractivity contribution is -0.135. The zero-order valence-corrected chi connectivity index (χ0v) is 12.6. The summed E-state index contributed by atoms with van der Waals surface area (Å²) in [6.45, 7) is 3.67. The number of nitrogens with one attached hydrogen (secondary N) is 1. The van der Waals surface area contributed by atoms with E-state index in [0.29, 0.717) is 10.0 Å². The molecule has 2 atom stereocenters. The van der Waals surface area contributed by atoms with Gasteiger partial charge in [0.15, 0.2) is 0 Å². The van der Waals surface area contributed by atoms with Crippen molar-refractivity contribution in [1.82, 2.24) is 10.2 Å². The molecule has 1 aliphatic heterocycles. The number of rotatable bonds is 3. The highest BCUT2D eigenvalue weighted by molar-refractivity contribution is 6.35. The largest absolute Gasteiger partial charge is 0.339 e. The maximum atomic E-state index is 12.4. The molecule has 1 heterocycles. The third-order valence-corrected chi connectivity index (χ3v) is 4.31. The van der Waals surface area contributed by atoms with Crippen LogP contribution < -0.4 is 5.32 Å². The summed E-state index contributed by atoms with van der Waals surface area (Å²) in [4.78, 5) is 14.1. The van der Waals surface area contributed by atoms with Crippen LogP contribution in [-0.4, -0.2) is 30.9 Å². The monoisotopic (exact) mass is 300 g/mol. The molecule has 0 radical (unpaired) electrons. The number of carbonyl (C=O) groups is 1. The van der Waals surface area contributed by atoms with Crippen LogP contribution in [0.4, 0.5) is 0 Å². The normalized spacial score (nSPS) is 20.3. The highest BCUT2D eigenvalue weighted by atomic mass is 35.5. The summed E-state index contributed by atoms with van der Waals surface area (Å²) in [7, 11) is 1.83. The average Bonchev–Trinajstić information content (AvgIpc) is 2.90. The van der Waals surface area contributed by atoms with Crippen molar-refractivity contribution in [3.05, 3.63) is 33.8 Å². The van der Waals surface area contributed by atoms with E-state index in [-0.39, 0.29) is 17.9 Å². The van der Waals surface area contributed by atoms with Crippen LogP contribution in [0.3, 0.4) is 0 Å². The van der Waals surface area contributed by atoms with Gasteiger partial charge < -0.3 is 10.2 Å². The Balaban J connectivity index is 2.13. The maximum Gasteiger partial charge on any atom is 0.227 e. The minimum atomic E-state index is -0.0575. The van der Waals surface area contributed by atoms with Crippen molar-refractivity contribution in [1.29, 1.82) is 0 Å². The zero-order valence-electron chi connectivity index (χ0n) is 11.1. The van der Waals surface area contributed by atoms with Crippen LogP contribution >= 0.6 is 23.2 Å². The molecule has 1 saturated heterocycles. The minimum Gasteiger partial charge on any atom is -0.339 e. The second-order valence-electron chi connectivity index (χ2n) is 4.98. The summed E-state index contributed by atoms with van der Waals surface area (Å²) in [6.07, 6.45) is 0.907. The van der Waals surface area contributed by atoms with Crippen molar-refractivity contribution in [2.75, 3.05) is 20.1 Å². The lowest BCUT2D eigenvalue weighted by Gasteiger charge is -2.28. The van der Waals surface area contributed by atoms with Gasteiger partial charge in [-0.15, -0.1) is 0 Å². The van der Waals surface area contributed by atoms with Crippen LogP contribution in [0.25, 0.3) is 0 Å². The quantitative estimate of drug-likeness (QED) is 0.930. The van der Waals surface area contributed by atoms with Gasteiger partial charge in [0.1, 0.15) is 0 Å². The Morgan fingerprint density at radius 3 is 2.79 bits per heavy atom. The van der Waals surface area contributed by atoms with Gasteiger partial charge in [-0.1, -0.05) is 29.3 Å². The van der Waals surface area contributed by atoms with Crippen LogP contribution in [0.2, 0.25) is 10.0 Å².